The third kappa shape index (κ3) is 24.3. The molecule has 1 saturated heterocycles. The number of carboxylic acids is 1. The van der Waals surface area contributed by atoms with Crippen molar-refractivity contribution in [3.8, 4) is 0 Å². The van der Waals surface area contributed by atoms with E-state index in [1.165, 1.54) is 31.3 Å². The van der Waals surface area contributed by atoms with Crippen molar-refractivity contribution in [1.82, 2.24) is 35.6 Å². The van der Waals surface area contributed by atoms with Gasteiger partial charge in [0.05, 0.1) is 48.7 Å². The van der Waals surface area contributed by atoms with E-state index < -0.39 is 84.3 Å². The number of nitrogens with two attached hydrogens (primary N) is 1. The monoisotopic (exact) mass is 1300 g/mol. The number of carbonyl (C=O) groups is 10. The van der Waals surface area contributed by atoms with Crippen molar-refractivity contribution in [3.05, 3.63) is 83.4 Å². The average molecular weight is 1300 g/mol. The van der Waals surface area contributed by atoms with Gasteiger partial charge in [0, 0.05) is 97.0 Å². The number of Topliss-reactive ketones (excluding diaryl/α,β-unsaturated/α-hetero) is 3. The van der Waals surface area contributed by atoms with E-state index in [0.717, 1.165) is 16.7 Å². The molecule has 0 aromatic heterocycles. The number of aliphatic hydroxyl groups is 1. The number of amides is 6. The molecule has 0 bridgehead atoms. The first kappa shape index (κ1) is 78.9. The zero-order valence-corrected chi connectivity index (χ0v) is 57.6. The highest BCUT2D eigenvalue weighted by Gasteiger charge is 2.44. The molecule has 1 fully saturated rings. The molecule has 0 aliphatic carbocycles. The molecule has 12 atom stereocenters. The van der Waals surface area contributed by atoms with Gasteiger partial charge in [-0.05, 0) is 98.9 Å². The first-order valence-corrected chi connectivity index (χ1v) is 33.6. The van der Waals surface area contributed by atoms with Crippen molar-refractivity contribution in [2.75, 3.05) is 54.5 Å². The second kappa shape index (κ2) is 39.3. The highest BCUT2D eigenvalue weighted by atomic mass is 16.5. The van der Waals surface area contributed by atoms with Gasteiger partial charge in [0.25, 0.3) is 11.8 Å². The van der Waals surface area contributed by atoms with E-state index in [2.05, 4.69) is 16.0 Å². The van der Waals surface area contributed by atoms with Gasteiger partial charge in [-0.25, -0.2) is 4.79 Å². The molecule has 0 saturated carbocycles. The Morgan fingerprint density at radius 1 is 0.720 bits per heavy atom. The molecule has 6 amide bonds. The maximum atomic E-state index is 14.9. The van der Waals surface area contributed by atoms with E-state index >= 15 is 0 Å². The van der Waals surface area contributed by atoms with Crippen LogP contribution in [0.15, 0.2) is 66.7 Å². The van der Waals surface area contributed by atoms with Crippen LogP contribution < -0.4 is 21.7 Å². The van der Waals surface area contributed by atoms with Gasteiger partial charge >= 0.3 is 5.97 Å². The van der Waals surface area contributed by atoms with Gasteiger partial charge in [-0.2, -0.15) is 0 Å². The molecule has 2 aliphatic heterocycles. The molecule has 518 valence electrons. The van der Waals surface area contributed by atoms with Crippen LogP contribution >= 0.6 is 0 Å². The highest BCUT2D eigenvalue weighted by Crippen LogP contribution is 2.32. The standard InChI is InChI=1S/C71H110N8O14/c1-14-47(8)65(60(92-12)43-63(85)78-37-22-27-57(78)66(93-13)48(9)67(86)75-56(70(89)90)39-50-23-17-15-18-24-50)77(11)69(88)54(45(4)5)42-59(82)64(46(6)7)76(10)38-34-49-28-30-51(31-29-49)40-58(81)55(26-21-35-73-71(72)91)74-68(87)53(44(2)3)41-52(80)25-19-16-20-36-79-61(83)32-33-62(79)84/h15,17-18,23-24,28-33,44-48,53-57,60,64-66,71,73,91H,14,16,19-22,25-27,34-43,72H2,1-13H3,(H,74,87)(H,75,86)(H,89,90)/t47-,48+,53-,54-,55-,56-,57-,60+,64-,65-,66+,71+/m0/s1. The number of rotatable bonds is 44. The van der Waals surface area contributed by atoms with Crippen LogP contribution in [0.4, 0.5) is 0 Å². The molecule has 0 unspecified atom stereocenters. The molecule has 2 heterocycles. The molecular formula is C71H110N8O14. The van der Waals surface area contributed by atoms with Gasteiger partial charge < -0.3 is 40.1 Å². The summed E-state index contributed by atoms with van der Waals surface area (Å²) in [7, 11) is 6.65. The number of carboxylic acid groups (broad SMARTS) is 1. The third-order valence-corrected chi connectivity index (χ3v) is 18.8. The highest BCUT2D eigenvalue weighted by molar-refractivity contribution is 6.12. The summed E-state index contributed by atoms with van der Waals surface area (Å²) < 4.78 is 12.1. The number of nitrogens with one attached hydrogen (secondary N) is 3. The topological polar surface area (TPSA) is 305 Å². The number of unbranched alkanes of at least 4 members (excludes halogenated alkanes) is 2. The lowest BCUT2D eigenvalue weighted by Gasteiger charge is -2.41. The van der Waals surface area contributed by atoms with Crippen molar-refractivity contribution in [1.29, 1.82) is 0 Å². The van der Waals surface area contributed by atoms with E-state index in [1.54, 1.807) is 48.0 Å². The minimum atomic E-state index is -1.25. The van der Waals surface area contributed by atoms with Gasteiger partial charge in [0.1, 0.15) is 11.8 Å². The molecule has 22 heteroatoms. The number of methoxy groups -OCH3 is 2. The van der Waals surface area contributed by atoms with Crippen molar-refractivity contribution in [2.45, 2.75) is 207 Å². The van der Waals surface area contributed by atoms with Crippen LogP contribution in [0.5, 0.6) is 0 Å². The summed E-state index contributed by atoms with van der Waals surface area (Å²) in [4.78, 5) is 141. The number of likely N-dealkylation sites (tertiary alicyclic amines) is 1. The minimum Gasteiger partial charge on any atom is -0.480 e. The smallest absolute Gasteiger partial charge is 0.326 e. The zero-order valence-electron chi connectivity index (χ0n) is 57.6. The molecule has 0 radical (unpaired) electrons. The van der Waals surface area contributed by atoms with Crippen molar-refractivity contribution < 1.29 is 67.6 Å². The van der Waals surface area contributed by atoms with Crippen molar-refractivity contribution in [3.63, 3.8) is 0 Å². The molecular weight excluding hydrogens is 1190 g/mol. The number of carbonyl (C=O) groups excluding carboxylic acids is 9. The quantitative estimate of drug-likeness (QED) is 0.0249. The average Bonchev–Trinajstić information content (AvgIpc) is 1.83. The van der Waals surface area contributed by atoms with Gasteiger partial charge in [0.2, 0.25) is 23.6 Å². The molecule has 4 rings (SSSR count). The Morgan fingerprint density at radius 3 is 1.91 bits per heavy atom. The Hall–Kier alpha value is -6.56. The third-order valence-electron chi connectivity index (χ3n) is 18.8. The van der Waals surface area contributed by atoms with E-state index in [-0.39, 0.29) is 116 Å². The number of nitrogens with zero attached hydrogens (tertiary/aromatic N) is 4. The summed E-state index contributed by atoms with van der Waals surface area (Å²) in [6, 6.07) is 13.1. The van der Waals surface area contributed by atoms with Gasteiger partial charge in [0.15, 0.2) is 17.9 Å². The van der Waals surface area contributed by atoms with Gasteiger partial charge in [-0.1, -0.05) is 130 Å². The lowest BCUT2D eigenvalue weighted by atomic mass is 9.83. The fourth-order valence-electron chi connectivity index (χ4n) is 13.1. The number of benzene rings is 2. The molecule has 22 nitrogen and oxygen atoms in total. The number of ketones is 3. The fourth-order valence-corrected chi connectivity index (χ4v) is 13.1. The van der Waals surface area contributed by atoms with Crippen LogP contribution in [0, 0.1) is 41.4 Å². The SMILES string of the molecule is CC[C@H](C)[C@@H]([C@@H](CC(=O)N1CCC[C@H]1[C@H](OC)[C@@H](C)C(=O)N[C@@H](Cc1ccccc1)C(=O)O)OC)N(C)C(=O)[C@@H](CC(=O)[C@H](C(C)C)N(C)CCc1ccc(CC(=O)[C@H](CCCN[C@@H](N)O)NC(=O)[C@@H](CC(=O)CCCCCN2C(=O)C=CC2=O)C(C)C)cc1)C(C)C. The lowest BCUT2D eigenvalue weighted by molar-refractivity contribution is -0.149. The predicted octanol–water partition coefficient (Wildman–Crippen LogP) is 6.07. The maximum Gasteiger partial charge on any atom is 0.326 e. The summed E-state index contributed by atoms with van der Waals surface area (Å²) in [5.41, 5.74) is 7.95. The molecule has 7 N–H and O–H groups in total. The minimum absolute atomic E-state index is 0.00135. The van der Waals surface area contributed by atoms with Crippen LogP contribution in [0.25, 0.3) is 0 Å². The fraction of sp³-hybridized carbons (Fsp3) is 0.662. The van der Waals surface area contributed by atoms with E-state index in [1.807, 2.05) is 97.7 Å². The Labute approximate surface area is 552 Å². The molecule has 0 spiro atoms. The Kier molecular flexibility index (Phi) is 33.4. The van der Waals surface area contributed by atoms with E-state index in [9.17, 15) is 58.2 Å². The van der Waals surface area contributed by atoms with Crippen molar-refractivity contribution >= 4 is 58.8 Å². The molecule has 2 aliphatic rings. The van der Waals surface area contributed by atoms with E-state index in [0.29, 0.717) is 71.0 Å². The summed E-state index contributed by atoms with van der Waals surface area (Å²) >= 11 is 0. The molecule has 93 heavy (non-hydrogen) atoms. The number of hydrogen-bond donors (Lipinski definition) is 6. The van der Waals surface area contributed by atoms with Crippen LogP contribution in [0.1, 0.15) is 156 Å². The molecule has 2 aromatic carbocycles. The maximum absolute atomic E-state index is 14.9. The molecule has 2 aromatic rings. The van der Waals surface area contributed by atoms with Crippen LogP contribution in [-0.2, 0) is 76.7 Å². The number of likely N-dealkylation sites (N-methyl/N-ethyl adjacent to an activating group) is 2. The first-order valence-electron chi connectivity index (χ1n) is 33.6. The van der Waals surface area contributed by atoms with Gasteiger partial charge in [-0.3, -0.25) is 64.0 Å². The number of ether oxygens (including phenoxy) is 2. The predicted molar refractivity (Wildman–Crippen MR) is 356 cm³/mol. The zero-order chi connectivity index (χ0) is 69.2. The van der Waals surface area contributed by atoms with Crippen LogP contribution in [-0.4, -0.2) is 192 Å². The largest absolute Gasteiger partial charge is 0.480 e. The summed E-state index contributed by atoms with van der Waals surface area (Å²) in [6.45, 7) is 18.8. The second-order valence-corrected chi connectivity index (χ2v) is 26.7. The van der Waals surface area contributed by atoms with Crippen molar-refractivity contribution in [2.24, 2.45) is 47.2 Å². The summed E-state index contributed by atoms with van der Waals surface area (Å²) in [5, 5.41) is 28.0. The number of aliphatic hydroxyl groups excluding tert-OH is 1. The number of hydrogen-bond acceptors (Lipinski definition) is 16. The summed E-state index contributed by atoms with van der Waals surface area (Å²) in [6.07, 6.45) is 4.96. The number of aliphatic carboxylic acids is 1. The second-order valence-electron chi connectivity index (χ2n) is 26.7. The van der Waals surface area contributed by atoms with Crippen LogP contribution in [0.2, 0.25) is 0 Å². The lowest BCUT2D eigenvalue weighted by Crippen LogP contribution is -2.55. The Morgan fingerprint density at radius 2 is 1.34 bits per heavy atom. The van der Waals surface area contributed by atoms with Crippen LogP contribution in [0.3, 0.4) is 0 Å². The normalized spacial score (nSPS) is 17.8. The first-order chi connectivity index (χ1) is 44.0. The summed E-state index contributed by atoms with van der Waals surface area (Å²) in [5.74, 6) is -6.34. The van der Waals surface area contributed by atoms with E-state index in [4.69, 9.17) is 15.2 Å². The van der Waals surface area contributed by atoms with Gasteiger partial charge in [-0.15, -0.1) is 0 Å². The Balaban J connectivity index is 1.38. The Bertz CT molecular complexity index is 2780. The number of imide groups is 1.